The van der Waals surface area contributed by atoms with Crippen LogP contribution in [0.5, 0.6) is 5.75 Å². The van der Waals surface area contributed by atoms with Crippen molar-refractivity contribution in [1.82, 2.24) is 10.6 Å². The molecule has 1 aliphatic carbocycles. The molecular weight excluding hydrogens is 260 g/mol. The highest BCUT2D eigenvalue weighted by Gasteiger charge is 2.19. The summed E-state index contributed by atoms with van der Waals surface area (Å²) in [6, 6.07) is 9.20. The van der Waals surface area contributed by atoms with Crippen molar-refractivity contribution in [2.45, 2.75) is 58.0 Å². The minimum atomic E-state index is 0.828. The van der Waals surface area contributed by atoms with Crippen LogP contribution in [0.3, 0.4) is 0 Å². The molecule has 1 aromatic carbocycles. The molecule has 0 unspecified atom stereocenters. The molecule has 0 atom stereocenters. The van der Waals surface area contributed by atoms with E-state index in [0.717, 1.165) is 44.3 Å². The first-order valence-electron chi connectivity index (χ1n) is 8.55. The van der Waals surface area contributed by atoms with E-state index in [1.54, 1.807) is 0 Å². The zero-order valence-electron chi connectivity index (χ0n) is 13.4. The molecule has 1 aromatic rings. The van der Waals surface area contributed by atoms with Crippen LogP contribution in [0.25, 0.3) is 0 Å². The Kier molecular flexibility index (Phi) is 7.61. The third-order valence-electron chi connectivity index (χ3n) is 3.80. The first-order chi connectivity index (χ1) is 10.4. The number of hydrogen-bond donors (Lipinski definition) is 2. The molecule has 1 aliphatic rings. The van der Waals surface area contributed by atoms with Gasteiger partial charge < -0.3 is 15.4 Å². The summed E-state index contributed by atoms with van der Waals surface area (Å²) in [7, 11) is 0. The summed E-state index contributed by atoms with van der Waals surface area (Å²) >= 11 is 0. The first-order valence-corrected chi connectivity index (χ1v) is 8.55. The second kappa shape index (κ2) is 9.80. The van der Waals surface area contributed by atoms with E-state index >= 15 is 0 Å². The van der Waals surface area contributed by atoms with E-state index < -0.39 is 0 Å². The zero-order valence-corrected chi connectivity index (χ0v) is 13.4. The van der Waals surface area contributed by atoms with E-state index in [0.29, 0.717) is 0 Å². The fourth-order valence-electron chi connectivity index (χ4n) is 2.37. The minimum Gasteiger partial charge on any atom is -0.493 e. The Labute approximate surface area is 129 Å². The van der Waals surface area contributed by atoms with E-state index in [-0.39, 0.29) is 0 Å². The van der Waals surface area contributed by atoms with E-state index in [9.17, 15) is 0 Å². The average Bonchev–Trinajstić information content (AvgIpc) is 3.32. The van der Waals surface area contributed by atoms with Gasteiger partial charge in [0.15, 0.2) is 0 Å². The smallest absolute Gasteiger partial charge is 0.123 e. The van der Waals surface area contributed by atoms with Crippen LogP contribution in [0.15, 0.2) is 24.3 Å². The van der Waals surface area contributed by atoms with Gasteiger partial charge in [-0.05, 0) is 57.7 Å². The molecule has 0 saturated heterocycles. The van der Waals surface area contributed by atoms with E-state index in [1.807, 2.05) is 0 Å². The van der Waals surface area contributed by atoms with Crippen molar-refractivity contribution in [3.63, 3.8) is 0 Å². The van der Waals surface area contributed by atoms with Crippen molar-refractivity contribution in [3.8, 4) is 5.75 Å². The molecule has 0 heterocycles. The molecular formula is C18H30N2O. The highest BCUT2D eigenvalue weighted by molar-refractivity contribution is 5.33. The highest BCUT2D eigenvalue weighted by atomic mass is 16.5. The summed E-state index contributed by atoms with van der Waals surface area (Å²) in [5.74, 6) is 1.04. The summed E-state index contributed by atoms with van der Waals surface area (Å²) in [5.41, 5.74) is 1.27. The van der Waals surface area contributed by atoms with Gasteiger partial charge in [-0.25, -0.2) is 0 Å². The molecule has 1 saturated carbocycles. The van der Waals surface area contributed by atoms with Crippen LogP contribution in [0.4, 0.5) is 0 Å². The lowest BCUT2D eigenvalue weighted by molar-refractivity contribution is 0.301. The summed E-state index contributed by atoms with van der Waals surface area (Å²) < 4.78 is 5.95. The maximum atomic E-state index is 5.95. The third kappa shape index (κ3) is 6.96. The van der Waals surface area contributed by atoms with Crippen LogP contribution in [0, 0.1) is 0 Å². The Bertz CT molecular complexity index is 391. The maximum Gasteiger partial charge on any atom is 0.123 e. The molecule has 0 aliphatic heterocycles. The SMILES string of the molecule is CCCNCc1ccccc1OCCCCCNC1CC1. The van der Waals surface area contributed by atoms with Gasteiger partial charge in [0.1, 0.15) is 5.75 Å². The quantitative estimate of drug-likeness (QED) is 0.578. The Morgan fingerprint density at radius 2 is 1.95 bits per heavy atom. The Morgan fingerprint density at radius 1 is 1.10 bits per heavy atom. The Balaban J connectivity index is 1.57. The topological polar surface area (TPSA) is 33.3 Å². The Hall–Kier alpha value is -1.06. The summed E-state index contributed by atoms with van der Waals surface area (Å²) in [6.07, 6.45) is 7.58. The molecule has 0 radical (unpaired) electrons. The number of benzene rings is 1. The lowest BCUT2D eigenvalue weighted by Crippen LogP contribution is -2.17. The molecule has 0 spiro atoms. The fourth-order valence-corrected chi connectivity index (χ4v) is 2.37. The van der Waals surface area contributed by atoms with E-state index in [4.69, 9.17) is 4.74 Å². The first kappa shape index (κ1) is 16.3. The van der Waals surface area contributed by atoms with Gasteiger partial charge in [0.25, 0.3) is 0 Å². The van der Waals surface area contributed by atoms with Crippen molar-refractivity contribution in [2.75, 3.05) is 19.7 Å². The number of ether oxygens (including phenoxy) is 1. The molecule has 2 N–H and O–H groups in total. The van der Waals surface area contributed by atoms with Gasteiger partial charge in [0, 0.05) is 18.2 Å². The molecule has 0 amide bonds. The van der Waals surface area contributed by atoms with Gasteiger partial charge in [-0.2, -0.15) is 0 Å². The molecule has 21 heavy (non-hydrogen) atoms. The lowest BCUT2D eigenvalue weighted by atomic mass is 10.2. The second-order valence-electron chi connectivity index (χ2n) is 5.92. The summed E-state index contributed by atoms with van der Waals surface area (Å²) in [6.45, 7) is 6.14. The van der Waals surface area contributed by atoms with Crippen molar-refractivity contribution >= 4 is 0 Å². The fraction of sp³-hybridized carbons (Fsp3) is 0.667. The molecule has 0 aromatic heterocycles. The van der Waals surface area contributed by atoms with Crippen LogP contribution in [0.2, 0.25) is 0 Å². The average molecular weight is 290 g/mol. The van der Waals surface area contributed by atoms with Gasteiger partial charge >= 0.3 is 0 Å². The normalized spacial score (nSPS) is 14.3. The third-order valence-corrected chi connectivity index (χ3v) is 3.80. The van der Waals surface area contributed by atoms with Gasteiger partial charge in [0.2, 0.25) is 0 Å². The van der Waals surface area contributed by atoms with E-state index in [1.165, 1.54) is 37.8 Å². The standard InChI is InChI=1S/C18H30N2O/c1-2-12-19-15-16-8-4-5-9-18(16)21-14-7-3-6-13-20-17-10-11-17/h4-5,8-9,17,19-20H,2-3,6-7,10-15H2,1H3. The molecule has 3 nitrogen and oxygen atoms in total. The van der Waals surface area contributed by atoms with Gasteiger partial charge in [-0.3, -0.25) is 0 Å². The largest absolute Gasteiger partial charge is 0.493 e. The predicted molar refractivity (Wildman–Crippen MR) is 88.8 cm³/mol. The van der Waals surface area contributed by atoms with E-state index in [2.05, 4.69) is 41.8 Å². The number of rotatable bonds is 12. The minimum absolute atomic E-state index is 0.828. The predicted octanol–water partition coefficient (Wildman–Crippen LogP) is 3.49. The monoisotopic (exact) mass is 290 g/mol. The van der Waals surface area contributed by atoms with Crippen LogP contribution in [0.1, 0.15) is 51.0 Å². The van der Waals surface area contributed by atoms with Gasteiger partial charge in [-0.1, -0.05) is 25.1 Å². The van der Waals surface area contributed by atoms with Crippen LogP contribution in [-0.4, -0.2) is 25.7 Å². The number of para-hydroxylation sites is 1. The van der Waals surface area contributed by atoms with Crippen molar-refractivity contribution in [1.29, 1.82) is 0 Å². The number of hydrogen-bond acceptors (Lipinski definition) is 3. The highest BCUT2D eigenvalue weighted by Crippen LogP contribution is 2.19. The molecule has 0 bridgehead atoms. The van der Waals surface area contributed by atoms with Crippen molar-refractivity contribution < 1.29 is 4.74 Å². The molecule has 3 heteroatoms. The number of unbranched alkanes of at least 4 members (excludes halogenated alkanes) is 2. The lowest BCUT2D eigenvalue weighted by Gasteiger charge is -2.12. The van der Waals surface area contributed by atoms with Crippen LogP contribution < -0.4 is 15.4 Å². The van der Waals surface area contributed by atoms with Crippen LogP contribution in [-0.2, 0) is 6.54 Å². The molecule has 2 rings (SSSR count). The zero-order chi connectivity index (χ0) is 14.8. The Morgan fingerprint density at radius 3 is 2.76 bits per heavy atom. The molecule has 118 valence electrons. The van der Waals surface area contributed by atoms with Crippen LogP contribution >= 0.6 is 0 Å². The van der Waals surface area contributed by atoms with Gasteiger partial charge in [-0.15, -0.1) is 0 Å². The summed E-state index contributed by atoms with van der Waals surface area (Å²) in [5, 5.41) is 6.99. The van der Waals surface area contributed by atoms with Crippen molar-refractivity contribution in [3.05, 3.63) is 29.8 Å². The summed E-state index contributed by atoms with van der Waals surface area (Å²) in [4.78, 5) is 0. The second-order valence-corrected chi connectivity index (χ2v) is 5.92. The number of nitrogens with one attached hydrogen (secondary N) is 2. The maximum absolute atomic E-state index is 5.95. The van der Waals surface area contributed by atoms with Crippen molar-refractivity contribution in [2.24, 2.45) is 0 Å². The van der Waals surface area contributed by atoms with Gasteiger partial charge in [0.05, 0.1) is 6.61 Å². The molecule has 1 fully saturated rings.